The molecule has 0 spiro atoms. The van der Waals surface area contributed by atoms with Crippen LogP contribution < -0.4 is 5.32 Å². The summed E-state index contributed by atoms with van der Waals surface area (Å²) in [6.07, 6.45) is -4.46. The number of carbonyl (C=O) groups excluding carboxylic acids is 1. The highest BCUT2D eigenvalue weighted by Gasteiger charge is 2.41. The number of piperidine rings is 1. The van der Waals surface area contributed by atoms with Gasteiger partial charge in [0.05, 0.1) is 0 Å². The number of alkyl halides is 3. The van der Waals surface area contributed by atoms with E-state index in [4.69, 9.17) is 5.11 Å². The average molecular weight is 254 g/mol. The fourth-order valence-electron chi connectivity index (χ4n) is 1.84. The normalized spacial score (nSPS) is 26.6. The third kappa shape index (κ3) is 3.58. The van der Waals surface area contributed by atoms with Crippen LogP contribution in [0.4, 0.5) is 13.2 Å². The lowest BCUT2D eigenvalue weighted by molar-refractivity contribution is -0.174. The first-order valence-corrected chi connectivity index (χ1v) is 5.02. The first kappa shape index (κ1) is 13.8. The van der Waals surface area contributed by atoms with E-state index in [0.29, 0.717) is 0 Å². The van der Waals surface area contributed by atoms with Gasteiger partial charge in [0, 0.05) is 12.6 Å². The van der Waals surface area contributed by atoms with Gasteiger partial charge in [-0.3, -0.25) is 14.5 Å². The Morgan fingerprint density at radius 3 is 2.35 bits per heavy atom. The fraction of sp³-hybridized carbons (Fsp3) is 0.778. The smallest absolute Gasteiger partial charge is 0.471 e. The van der Waals surface area contributed by atoms with E-state index in [-0.39, 0.29) is 19.4 Å². The number of halogens is 3. The third-order valence-electron chi connectivity index (χ3n) is 2.71. The number of hydrogen-bond donors (Lipinski definition) is 2. The highest BCUT2D eigenvalue weighted by molar-refractivity contribution is 5.82. The lowest BCUT2D eigenvalue weighted by atomic mass is 9.99. The van der Waals surface area contributed by atoms with Crippen molar-refractivity contribution in [3.63, 3.8) is 0 Å². The van der Waals surface area contributed by atoms with Gasteiger partial charge in [-0.05, 0) is 19.9 Å². The predicted octanol–water partition coefficient (Wildman–Crippen LogP) is 0.212. The molecular weight excluding hydrogens is 241 g/mol. The Hall–Kier alpha value is -1.31. The monoisotopic (exact) mass is 254 g/mol. The molecule has 1 rings (SSSR count). The number of rotatable bonds is 2. The Kier molecular flexibility index (Phi) is 3.97. The van der Waals surface area contributed by atoms with Crippen LogP contribution in [0.3, 0.4) is 0 Å². The molecule has 1 saturated heterocycles. The SMILES string of the molecule is CN1CC(NC(=O)C(F)(F)F)CCC1C(=O)O. The fourth-order valence-corrected chi connectivity index (χ4v) is 1.84. The van der Waals surface area contributed by atoms with Gasteiger partial charge in [0.1, 0.15) is 6.04 Å². The molecule has 0 aromatic carbocycles. The van der Waals surface area contributed by atoms with Gasteiger partial charge in [-0.25, -0.2) is 0 Å². The van der Waals surface area contributed by atoms with E-state index in [9.17, 15) is 22.8 Å². The largest absolute Gasteiger partial charge is 0.480 e. The van der Waals surface area contributed by atoms with E-state index < -0.39 is 30.1 Å². The molecule has 98 valence electrons. The standard InChI is InChI=1S/C9H13F3N2O3/c1-14-4-5(2-3-6(14)7(15)16)13-8(17)9(10,11)12/h5-6H,2-4H2,1H3,(H,13,17)(H,15,16). The van der Waals surface area contributed by atoms with E-state index in [1.807, 2.05) is 5.32 Å². The van der Waals surface area contributed by atoms with Crippen LogP contribution in [0.15, 0.2) is 0 Å². The summed E-state index contributed by atoms with van der Waals surface area (Å²) in [6, 6.07) is -1.36. The molecule has 1 aliphatic rings. The van der Waals surface area contributed by atoms with Crippen LogP contribution in [0.25, 0.3) is 0 Å². The van der Waals surface area contributed by atoms with Crippen molar-refractivity contribution in [2.75, 3.05) is 13.6 Å². The van der Waals surface area contributed by atoms with E-state index in [2.05, 4.69) is 0 Å². The Bertz CT molecular complexity index is 319. The summed E-state index contributed by atoms with van der Waals surface area (Å²) in [6.45, 7) is 0.0960. The molecule has 1 amide bonds. The van der Waals surface area contributed by atoms with Crippen LogP contribution in [0.1, 0.15) is 12.8 Å². The van der Waals surface area contributed by atoms with Crippen molar-refractivity contribution in [2.45, 2.75) is 31.1 Å². The maximum Gasteiger partial charge on any atom is 0.471 e. The number of carbonyl (C=O) groups is 2. The molecule has 1 heterocycles. The molecule has 17 heavy (non-hydrogen) atoms. The lowest BCUT2D eigenvalue weighted by Gasteiger charge is -2.35. The summed E-state index contributed by atoms with van der Waals surface area (Å²) in [4.78, 5) is 22.9. The average Bonchev–Trinajstić information content (AvgIpc) is 2.15. The molecule has 0 aliphatic carbocycles. The van der Waals surface area contributed by atoms with Crippen molar-refractivity contribution >= 4 is 11.9 Å². The predicted molar refractivity (Wildman–Crippen MR) is 51.3 cm³/mol. The molecule has 0 radical (unpaired) electrons. The van der Waals surface area contributed by atoms with E-state index in [0.717, 1.165) is 0 Å². The number of likely N-dealkylation sites (tertiary alicyclic amines) is 1. The molecule has 1 fully saturated rings. The first-order chi connectivity index (χ1) is 7.71. The first-order valence-electron chi connectivity index (χ1n) is 5.02. The van der Waals surface area contributed by atoms with Gasteiger partial charge in [0.15, 0.2) is 0 Å². The number of aliphatic carboxylic acids is 1. The molecule has 2 atom stereocenters. The molecule has 0 bridgehead atoms. The van der Waals surface area contributed by atoms with Crippen LogP contribution in [0.5, 0.6) is 0 Å². The van der Waals surface area contributed by atoms with E-state index in [1.165, 1.54) is 11.9 Å². The van der Waals surface area contributed by atoms with E-state index >= 15 is 0 Å². The maximum absolute atomic E-state index is 12.0. The van der Waals surface area contributed by atoms with Gasteiger partial charge in [-0.1, -0.05) is 0 Å². The minimum Gasteiger partial charge on any atom is -0.480 e. The van der Waals surface area contributed by atoms with Crippen molar-refractivity contribution in [1.29, 1.82) is 0 Å². The molecule has 1 aliphatic heterocycles. The number of amides is 1. The summed E-state index contributed by atoms with van der Waals surface area (Å²) < 4.78 is 36.0. The molecule has 2 unspecified atom stereocenters. The molecule has 8 heteroatoms. The Morgan fingerprint density at radius 1 is 1.35 bits per heavy atom. The molecular formula is C9H13F3N2O3. The molecule has 5 nitrogen and oxygen atoms in total. The van der Waals surface area contributed by atoms with Crippen molar-refractivity contribution in [3.05, 3.63) is 0 Å². The van der Waals surface area contributed by atoms with Crippen molar-refractivity contribution in [1.82, 2.24) is 10.2 Å². The van der Waals surface area contributed by atoms with Gasteiger partial charge < -0.3 is 10.4 Å². The second-order valence-corrected chi connectivity index (χ2v) is 4.04. The van der Waals surface area contributed by atoms with Gasteiger partial charge in [0.2, 0.25) is 0 Å². The highest BCUT2D eigenvalue weighted by atomic mass is 19.4. The van der Waals surface area contributed by atoms with Crippen molar-refractivity contribution in [3.8, 4) is 0 Å². The number of nitrogens with one attached hydrogen (secondary N) is 1. The summed E-state index contributed by atoms with van der Waals surface area (Å²) in [5.74, 6) is -2.99. The van der Waals surface area contributed by atoms with Crippen LogP contribution in [-0.4, -0.2) is 53.7 Å². The number of nitrogens with zero attached hydrogens (tertiary/aromatic N) is 1. The van der Waals surface area contributed by atoms with Crippen molar-refractivity contribution < 1.29 is 27.9 Å². The zero-order chi connectivity index (χ0) is 13.2. The Labute approximate surface area is 95.6 Å². The highest BCUT2D eigenvalue weighted by Crippen LogP contribution is 2.19. The molecule has 0 aromatic rings. The number of carboxylic acid groups (broad SMARTS) is 1. The Morgan fingerprint density at radius 2 is 1.94 bits per heavy atom. The summed E-state index contributed by atoms with van der Waals surface area (Å²) in [5.41, 5.74) is 0. The second kappa shape index (κ2) is 4.91. The summed E-state index contributed by atoms with van der Waals surface area (Å²) >= 11 is 0. The van der Waals surface area contributed by atoms with Crippen molar-refractivity contribution in [2.24, 2.45) is 0 Å². The minimum atomic E-state index is -4.90. The number of carboxylic acids is 1. The maximum atomic E-state index is 12.0. The third-order valence-corrected chi connectivity index (χ3v) is 2.71. The van der Waals surface area contributed by atoms with Gasteiger partial charge in [-0.2, -0.15) is 13.2 Å². The zero-order valence-corrected chi connectivity index (χ0v) is 9.12. The summed E-state index contributed by atoms with van der Waals surface area (Å²) in [7, 11) is 1.50. The number of hydrogen-bond acceptors (Lipinski definition) is 3. The van der Waals surface area contributed by atoms with Crippen LogP contribution in [0.2, 0.25) is 0 Å². The van der Waals surface area contributed by atoms with Gasteiger partial charge in [-0.15, -0.1) is 0 Å². The minimum absolute atomic E-state index is 0.0960. The molecule has 0 aromatic heterocycles. The quantitative estimate of drug-likeness (QED) is 0.739. The van der Waals surface area contributed by atoms with Crippen LogP contribution >= 0.6 is 0 Å². The lowest BCUT2D eigenvalue weighted by Crippen LogP contribution is -2.54. The zero-order valence-electron chi connectivity index (χ0n) is 9.12. The second-order valence-electron chi connectivity index (χ2n) is 4.04. The van der Waals surface area contributed by atoms with Gasteiger partial charge >= 0.3 is 18.1 Å². The van der Waals surface area contributed by atoms with Gasteiger partial charge in [0.25, 0.3) is 0 Å². The van der Waals surface area contributed by atoms with E-state index in [1.54, 1.807) is 0 Å². The van der Waals surface area contributed by atoms with Crippen LogP contribution in [-0.2, 0) is 9.59 Å². The number of likely N-dealkylation sites (N-methyl/N-ethyl adjacent to an activating group) is 1. The molecule has 2 N–H and O–H groups in total. The molecule has 0 saturated carbocycles. The summed E-state index contributed by atoms with van der Waals surface area (Å²) in [5, 5.41) is 10.6. The topological polar surface area (TPSA) is 69.6 Å². The Balaban J connectivity index is 2.51. The van der Waals surface area contributed by atoms with Crippen LogP contribution in [0, 0.1) is 0 Å².